The number of unbranched alkanes of at least 4 members (excludes halogenated alkanes) is 6. The van der Waals surface area contributed by atoms with E-state index in [1.165, 1.54) is 56.9 Å². The van der Waals surface area contributed by atoms with Gasteiger partial charge in [0.25, 0.3) is 0 Å². The normalized spacial score (nSPS) is 16.6. The van der Waals surface area contributed by atoms with Gasteiger partial charge in [0, 0.05) is 12.1 Å². The average Bonchev–Trinajstić information content (AvgIpc) is 3.33. The highest BCUT2D eigenvalue weighted by molar-refractivity contribution is 5.85. The van der Waals surface area contributed by atoms with Crippen LogP contribution in [0.4, 0.5) is 0 Å². The summed E-state index contributed by atoms with van der Waals surface area (Å²) in [5.74, 6) is 1.86. The minimum atomic E-state index is 0. The molecule has 0 radical (unpaired) electrons. The third-order valence-corrected chi connectivity index (χ3v) is 5.13. The number of hydrogen-bond acceptors (Lipinski definition) is 4. The molecule has 1 aromatic carbocycles. The molecule has 4 nitrogen and oxygen atoms in total. The Morgan fingerprint density at radius 2 is 1.77 bits per heavy atom. The van der Waals surface area contributed by atoms with E-state index >= 15 is 0 Å². The first kappa shape index (κ1) is 20.9. The van der Waals surface area contributed by atoms with Crippen LogP contribution >= 0.6 is 12.4 Å². The zero-order valence-corrected chi connectivity index (χ0v) is 16.7. The van der Waals surface area contributed by atoms with E-state index in [0.29, 0.717) is 11.7 Å². The predicted octanol–water partition coefficient (Wildman–Crippen LogP) is 5.53. The molecule has 0 unspecified atom stereocenters. The molecular weight excluding hydrogens is 346 g/mol. The van der Waals surface area contributed by atoms with Crippen LogP contribution in [0, 0.1) is 0 Å². The van der Waals surface area contributed by atoms with Crippen molar-refractivity contribution in [3.8, 4) is 11.4 Å². The molecule has 26 heavy (non-hydrogen) atoms. The summed E-state index contributed by atoms with van der Waals surface area (Å²) < 4.78 is 5.45. The molecule has 0 amide bonds. The van der Waals surface area contributed by atoms with E-state index < -0.39 is 0 Å². The highest BCUT2D eigenvalue weighted by Crippen LogP contribution is 2.24. The lowest BCUT2D eigenvalue weighted by Gasteiger charge is -2.03. The van der Waals surface area contributed by atoms with Crippen molar-refractivity contribution in [2.45, 2.75) is 70.6 Å². The number of nitrogens with one attached hydrogen (secondary N) is 1. The van der Waals surface area contributed by atoms with Crippen molar-refractivity contribution in [2.24, 2.45) is 0 Å². The van der Waals surface area contributed by atoms with Crippen LogP contribution in [0.5, 0.6) is 0 Å². The van der Waals surface area contributed by atoms with E-state index in [1.807, 2.05) is 0 Å². The molecule has 1 N–H and O–H groups in total. The Balaban J connectivity index is 0.00000243. The van der Waals surface area contributed by atoms with E-state index in [2.05, 4.69) is 46.6 Å². The van der Waals surface area contributed by atoms with Crippen LogP contribution in [0.25, 0.3) is 11.4 Å². The van der Waals surface area contributed by atoms with Gasteiger partial charge in [-0.25, -0.2) is 0 Å². The molecule has 1 aliphatic rings. The molecule has 0 aliphatic carbocycles. The summed E-state index contributed by atoms with van der Waals surface area (Å²) in [5, 5.41) is 7.50. The maximum absolute atomic E-state index is 5.45. The van der Waals surface area contributed by atoms with Crippen molar-refractivity contribution in [1.82, 2.24) is 15.5 Å². The van der Waals surface area contributed by atoms with Gasteiger partial charge in [0.1, 0.15) is 0 Å². The lowest BCUT2D eigenvalue weighted by molar-refractivity contribution is 0.359. The summed E-state index contributed by atoms with van der Waals surface area (Å²) >= 11 is 0. The smallest absolute Gasteiger partial charge is 0.231 e. The number of aromatic nitrogens is 2. The summed E-state index contributed by atoms with van der Waals surface area (Å²) in [6.45, 7) is 4.25. The molecule has 1 aromatic heterocycles. The number of hydrogen-bond donors (Lipinski definition) is 1. The first-order chi connectivity index (χ1) is 12.4. The van der Waals surface area contributed by atoms with Gasteiger partial charge in [-0.05, 0) is 31.4 Å². The van der Waals surface area contributed by atoms with Crippen molar-refractivity contribution < 1.29 is 4.52 Å². The number of halogens is 1. The topological polar surface area (TPSA) is 51.0 Å². The Bertz CT molecular complexity index is 620. The second-order valence-electron chi connectivity index (χ2n) is 7.21. The zero-order chi connectivity index (χ0) is 17.3. The summed E-state index contributed by atoms with van der Waals surface area (Å²) in [4.78, 5) is 4.59. The van der Waals surface area contributed by atoms with Crippen LogP contribution in [-0.2, 0) is 6.42 Å². The van der Waals surface area contributed by atoms with Crippen LogP contribution in [0.1, 0.15) is 75.7 Å². The highest BCUT2D eigenvalue weighted by atomic mass is 35.5. The van der Waals surface area contributed by atoms with Crippen molar-refractivity contribution >= 4 is 12.4 Å². The molecule has 1 atom stereocenters. The van der Waals surface area contributed by atoms with Crippen molar-refractivity contribution in [3.05, 3.63) is 35.7 Å². The number of nitrogens with zero attached hydrogens (tertiary/aromatic N) is 2. The molecule has 0 spiro atoms. The third-order valence-electron chi connectivity index (χ3n) is 5.13. The molecule has 2 heterocycles. The third kappa shape index (κ3) is 6.10. The Morgan fingerprint density at radius 1 is 1.04 bits per heavy atom. The van der Waals surface area contributed by atoms with Crippen LogP contribution in [0.3, 0.4) is 0 Å². The molecule has 0 saturated carbocycles. The Kier molecular flexibility index (Phi) is 9.13. The van der Waals surface area contributed by atoms with Gasteiger partial charge in [0.2, 0.25) is 11.7 Å². The predicted molar refractivity (Wildman–Crippen MR) is 109 cm³/mol. The largest absolute Gasteiger partial charge is 0.339 e. The minimum Gasteiger partial charge on any atom is -0.339 e. The van der Waals surface area contributed by atoms with E-state index in [4.69, 9.17) is 4.52 Å². The van der Waals surface area contributed by atoms with Gasteiger partial charge in [-0.15, -0.1) is 12.4 Å². The molecule has 1 fully saturated rings. The maximum atomic E-state index is 5.45. The molecule has 3 rings (SSSR count). The Hall–Kier alpha value is -1.39. The van der Waals surface area contributed by atoms with Gasteiger partial charge in [-0.1, -0.05) is 74.9 Å². The van der Waals surface area contributed by atoms with E-state index in [-0.39, 0.29) is 12.4 Å². The number of aryl methyl sites for hydroxylation is 1. The second-order valence-corrected chi connectivity index (χ2v) is 7.21. The van der Waals surface area contributed by atoms with E-state index in [1.54, 1.807) is 0 Å². The monoisotopic (exact) mass is 377 g/mol. The zero-order valence-electron chi connectivity index (χ0n) is 15.9. The molecule has 0 bridgehead atoms. The molecule has 144 valence electrons. The highest BCUT2D eigenvalue weighted by Gasteiger charge is 2.22. The first-order valence-electron chi connectivity index (χ1n) is 10.0. The van der Waals surface area contributed by atoms with Gasteiger partial charge in [-0.2, -0.15) is 4.98 Å². The SMILES string of the molecule is CCCCCCCCCc1ccc(-c2noc([C@@H]3CCNC3)n2)cc1.Cl. The molecular formula is C21H32ClN3O. The molecule has 1 aliphatic heterocycles. The van der Waals surface area contributed by atoms with Gasteiger partial charge in [-0.3, -0.25) is 0 Å². The van der Waals surface area contributed by atoms with E-state index in [9.17, 15) is 0 Å². The van der Waals surface area contributed by atoms with Crippen LogP contribution in [-0.4, -0.2) is 23.2 Å². The quantitative estimate of drug-likeness (QED) is 0.553. The molecule has 1 saturated heterocycles. The lowest BCUT2D eigenvalue weighted by Crippen LogP contribution is -2.08. The second kappa shape index (κ2) is 11.3. The van der Waals surface area contributed by atoms with Crippen LogP contribution in [0.2, 0.25) is 0 Å². The minimum absolute atomic E-state index is 0. The van der Waals surface area contributed by atoms with Crippen molar-refractivity contribution in [2.75, 3.05) is 13.1 Å². The number of benzene rings is 1. The van der Waals surface area contributed by atoms with Gasteiger partial charge < -0.3 is 9.84 Å². The van der Waals surface area contributed by atoms with Gasteiger partial charge >= 0.3 is 0 Å². The standard InChI is InChI=1S/C21H31N3O.ClH/c1-2-3-4-5-6-7-8-9-17-10-12-18(13-11-17)20-23-21(25-24-20)19-14-15-22-16-19;/h10-13,19,22H,2-9,14-16H2,1H3;1H/t19-;/m1./s1. The number of rotatable bonds is 10. The fraction of sp³-hybridized carbons (Fsp3) is 0.619. The van der Waals surface area contributed by atoms with E-state index in [0.717, 1.165) is 31.0 Å². The van der Waals surface area contributed by atoms with Crippen LogP contribution < -0.4 is 5.32 Å². The summed E-state index contributed by atoms with van der Waals surface area (Å²) in [7, 11) is 0. The molecule has 5 heteroatoms. The summed E-state index contributed by atoms with van der Waals surface area (Å²) in [6.07, 6.45) is 11.8. The van der Waals surface area contributed by atoms with Gasteiger partial charge in [0.15, 0.2) is 0 Å². The fourth-order valence-electron chi connectivity index (χ4n) is 3.49. The average molecular weight is 378 g/mol. The van der Waals surface area contributed by atoms with Crippen molar-refractivity contribution in [1.29, 1.82) is 0 Å². The summed E-state index contributed by atoms with van der Waals surface area (Å²) in [5.41, 5.74) is 2.45. The Labute approximate surface area is 163 Å². The van der Waals surface area contributed by atoms with Crippen molar-refractivity contribution in [3.63, 3.8) is 0 Å². The molecule has 2 aromatic rings. The first-order valence-corrected chi connectivity index (χ1v) is 10.0. The Morgan fingerprint density at radius 3 is 2.46 bits per heavy atom. The fourth-order valence-corrected chi connectivity index (χ4v) is 3.49. The maximum Gasteiger partial charge on any atom is 0.231 e. The van der Waals surface area contributed by atoms with Crippen LogP contribution in [0.15, 0.2) is 28.8 Å². The summed E-state index contributed by atoms with van der Waals surface area (Å²) in [6, 6.07) is 8.66. The lowest BCUT2D eigenvalue weighted by atomic mass is 10.0. The van der Waals surface area contributed by atoms with Gasteiger partial charge in [0.05, 0.1) is 5.92 Å².